The Hall–Kier alpha value is -1.17. The summed E-state index contributed by atoms with van der Waals surface area (Å²) in [6.07, 6.45) is 0.858. The zero-order valence-electron chi connectivity index (χ0n) is 6.71. The minimum atomic E-state index is -3.57. The molecule has 0 bridgehead atoms. The molecule has 0 aliphatic rings. The minimum absolute atomic E-state index is 0.387. The van der Waals surface area contributed by atoms with Gasteiger partial charge in [-0.15, -0.1) is 0 Å². The summed E-state index contributed by atoms with van der Waals surface area (Å²) >= 11 is 0. The zero-order chi connectivity index (χ0) is 10.1. The summed E-state index contributed by atoms with van der Waals surface area (Å²) in [7, 11) is -3.57. The van der Waals surface area contributed by atoms with Crippen molar-refractivity contribution in [3.63, 3.8) is 0 Å². The molecule has 6 heteroatoms. The van der Waals surface area contributed by atoms with E-state index < -0.39 is 21.7 Å². The number of halogens is 2. The summed E-state index contributed by atoms with van der Waals surface area (Å²) in [4.78, 5) is 0. The van der Waals surface area contributed by atoms with Crippen LogP contribution in [0.3, 0.4) is 0 Å². The van der Waals surface area contributed by atoms with Crippen molar-refractivity contribution in [2.45, 2.75) is 0 Å². The highest BCUT2D eigenvalue weighted by molar-refractivity contribution is 7.92. The summed E-state index contributed by atoms with van der Waals surface area (Å²) in [6.45, 7) is 0. The molecule has 0 aliphatic heterocycles. The Labute approximate surface area is 74.4 Å². The third-order valence-electron chi connectivity index (χ3n) is 1.25. The van der Waals surface area contributed by atoms with Gasteiger partial charge in [0.05, 0.1) is 11.9 Å². The van der Waals surface area contributed by atoms with Crippen LogP contribution < -0.4 is 4.72 Å². The fourth-order valence-electron chi connectivity index (χ4n) is 0.782. The third kappa shape index (κ3) is 2.66. The summed E-state index contributed by atoms with van der Waals surface area (Å²) in [5.41, 5.74) is -0.387. The Balaban J connectivity index is 3.10. The van der Waals surface area contributed by atoms with E-state index >= 15 is 0 Å². The average molecular weight is 207 g/mol. The van der Waals surface area contributed by atoms with Gasteiger partial charge in [-0.1, -0.05) is 6.07 Å². The minimum Gasteiger partial charge on any atom is -0.281 e. The molecule has 1 aromatic rings. The molecule has 72 valence electrons. The monoisotopic (exact) mass is 207 g/mol. The summed E-state index contributed by atoms with van der Waals surface area (Å²) in [6, 6.07) is 3.26. The first kappa shape index (κ1) is 9.91. The Bertz CT molecular complexity index is 417. The van der Waals surface area contributed by atoms with Crippen LogP contribution in [0.1, 0.15) is 0 Å². The second-order valence-electron chi connectivity index (χ2n) is 2.48. The number of hydrogen-bond donors (Lipinski definition) is 1. The lowest BCUT2D eigenvalue weighted by atomic mass is 10.3. The van der Waals surface area contributed by atoms with E-state index in [0.717, 1.165) is 18.4 Å². The fraction of sp³-hybridized carbons (Fsp3) is 0.143. The molecule has 0 aromatic heterocycles. The van der Waals surface area contributed by atoms with Crippen LogP contribution in [-0.4, -0.2) is 14.7 Å². The van der Waals surface area contributed by atoms with Gasteiger partial charge < -0.3 is 0 Å². The molecule has 0 amide bonds. The van der Waals surface area contributed by atoms with E-state index in [1.54, 1.807) is 0 Å². The van der Waals surface area contributed by atoms with Crippen molar-refractivity contribution in [1.82, 2.24) is 0 Å². The third-order valence-corrected chi connectivity index (χ3v) is 1.84. The maximum atomic E-state index is 12.8. The number of nitrogens with one attached hydrogen (secondary N) is 1. The molecule has 0 heterocycles. The summed E-state index contributed by atoms with van der Waals surface area (Å²) < 4.78 is 48.5. The molecule has 1 aromatic carbocycles. The van der Waals surface area contributed by atoms with Gasteiger partial charge in [-0.25, -0.2) is 17.2 Å². The predicted octanol–water partition coefficient (Wildman–Crippen LogP) is 1.34. The van der Waals surface area contributed by atoms with E-state index in [2.05, 4.69) is 0 Å². The van der Waals surface area contributed by atoms with E-state index in [9.17, 15) is 17.2 Å². The molecular formula is C7H7F2NO2S. The van der Waals surface area contributed by atoms with Crippen molar-refractivity contribution in [2.75, 3.05) is 11.0 Å². The second kappa shape index (κ2) is 3.29. The molecule has 1 N–H and O–H groups in total. The Kier molecular flexibility index (Phi) is 2.51. The maximum Gasteiger partial charge on any atom is 0.229 e. The van der Waals surface area contributed by atoms with Crippen LogP contribution in [0.5, 0.6) is 0 Å². The van der Waals surface area contributed by atoms with Gasteiger partial charge in [-0.3, -0.25) is 4.72 Å². The van der Waals surface area contributed by atoms with Crippen LogP contribution in [0.25, 0.3) is 0 Å². The van der Waals surface area contributed by atoms with Gasteiger partial charge in [0.1, 0.15) is 0 Å². The Morgan fingerprint density at radius 1 is 1.31 bits per heavy atom. The molecule has 13 heavy (non-hydrogen) atoms. The van der Waals surface area contributed by atoms with E-state index in [1.807, 2.05) is 4.72 Å². The normalized spacial score (nSPS) is 11.3. The van der Waals surface area contributed by atoms with Crippen molar-refractivity contribution in [2.24, 2.45) is 0 Å². The topological polar surface area (TPSA) is 46.2 Å². The van der Waals surface area contributed by atoms with Gasteiger partial charge in [0.2, 0.25) is 10.0 Å². The first-order valence-corrected chi connectivity index (χ1v) is 5.21. The van der Waals surface area contributed by atoms with Crippen molar-refractivity contribution < 1.29 is 17.2 Å². The van der Waals surface area contributed by atoms with Crippen LogP contribution in [0.2, 0.25) is 0 Å². The molecule has 0 saturated carbocycles. The molecule has 0 atom stereocenters. The standard InChI is InChI=1S/C7H7F2NO2S/c1-13(11,12)10-6-4-2-3-5(8)7(6)9/h2-4,10H,1H3. The quantitative estimate of drug-likeness (QED) is 0.795. The average Bonchev–Trinajstić information content (AvgIpc) is 1.96. The molecular weight excluding hydrogens is 200 g/mol. The zero-order valence-corrected chi connectivity index (χ0v) is 7.53. The smallest absolute Gasteiger partial charge is 0.229 e. The maximum absolute atomic E-state index is 12.8. The highest BCUT2D eigenvalue weighted by atomic mass is 32.2. The molecule has 1 rings (SSSR count). The number of hydrogen-bond acceptors (Lipinski definition) is 2. The van der Waals surface area contributed by atoms with Gasteiger partial charge in [-0.05, 0) is 12.1 Å². The highest BCUT2D eigenvalue weighted by Crippen LogP contribution is 2.17. The van der Waals surface area contributed by atoms with E-state index in [1.165, 1.54) is 6.07 Å². The summed E-state index contributed by atoms with van der Waals surface area (Å²) in [5, 5.41) is 0. The number of benzene rings is 1. The van der Waals surface area contributed by atoms with Gasteiger partial charge in [0, 0.05) is 0 Å². The first-order chi connectivity index (χ1) is 5.90. The van der Waals surface area contributed by atoms with E-state index in [4.69, 9.17) is 0 Å². The van der Waals surface area contributed by atoms with Crippen LogP contribution in [-0.2, 0) is 10.0 Å². The van der Waals surface area contributed by atoms with Gasteiger partial charge in [0.25, 0.3) is 0 Å². The van der Waals surface area contributed by atoms with Gasteiger partial charge >= 0.3 is 0 Å². The summed E-state index contributed by atoms with van der Waals surface area (Å²) in [5.74, 6) is -2.29. The molecule has 0 aliphatic carbocycles. The molecule has 0 unspecified atom stereocenters. The van der Waals surface area contributed by atoms with Crippen molar-refractivity contribution in [3.05, 3.63) is 29.8 Å². The van der Waals surface area contributed by atoms with Crippen LogP contribution in [0.15, 0.2) is 18.2 Å². The molecule has 3 nitrogen and oxygen atoms in total. The van der Waals surface area contributed by atoms with Gasteiger partial charge in [0.15, 0.2) is 11.6 Å². The van der Waals surface area contributed by atoms with Crippen molar-refractivity contribution in [3.8, 4) is 0 Å². The van der Waals surface area contributed by atoms with Crippen molar-refractivity contribution in [1.29, 1.82) is 0 Å². The van der Waals surface area contributed by atoms with Crippen molar-refractivity contribution >= 4 is 15.7 Å². The van der Waals surface area contributed by atoms with Crippen LogP contribution >= 0.6 is 0 Å². The SMILES string of the molecule is CS(=O)(=O)Nc1cccc(F)c1F. The lowest BCUT2D eigenvalue weighted by Crippen LogP contribution is -2.11. The van der Waals surface area contributed by atoms with Gasteiger partial charge in [-0.2, -0.15) is 0 Å². The molecule has 0 radical (unpaired) electrons. The van der Waals surface area contributed by atoms with E-state index in [-0.39, 0.29) is 5.69 Å². The van der Waals surface area contributed by atoms with E-state index in [0.29, 0.717) is 0 Å². The predicted molar refractivity (Wildman–Crippen MR) is 44.8 cm³/mol. The lowest BCUT2D eigenvalue weighted by Gasteiger charge is -2.04. The van der Waals surface area contributed by atoms with Crippen LogP contribution in [0, 0.1) is 11.6 Å². The number of sulfonamides is 1. The largest absolute Gasteiger partial charge is 0.281 e. The molecule has 0 fully saturated rings. The highest BCUT2D eigenvalue weighted by Gasteiger charge is 2.10. The Morgan fingerprint density at radius 3 is 2.46 bits per heavy atom. The number of anilines is 1. The Morgan fingerprint density at radius 2 is 1.92 bits per heavy atom. The fourth-order valence-corrected chi connectivity index (χ4v) is 1.34. The molecule has 0 spiro atoms. The first-order valence-electron chi connectivity index (χ1n) is 3.32. The number of rotatable bonds is 2. The lowest BCUT2D eigenvalue weighted by molar-refractivity contribution is 0.511. The second-order valence-corrected chi connectivity index (χ2v) is 4.22. The van der Waals surface area contributed by atoms with Crippen LogP contribution in [0.4, 0.5) is 14.5 Å². The molecule has 0 saturated heterocycles.